The van der Waals surface area contributed by atoms with Gasteiger partial charge in [-0.15, -0.1) is 24.0 Å². The zero-order valence-electron chi connectivity index (χ0n) is 20.7. The number of hydrogen-bond donors (Lipinski definition) is 3. The number of carbonyl (C=O) groups excluding carboxylic acids is 1. The van der Waals surface area contributed by atoms with Crippen molar-refractivity contribution >= 4 is 36.0 Å². The van der Waals surface area contributed by atoms with Crippen molar-refractivity contribution < 1.29 is 23.7 Å². The van der Waals surface area contributed by atoms with E-state index >= 15 is 0 Å². The highest BCUT2D eigenvalue weighted by Gasteiger charge is 2.24. The van der Waals surface area contributed by atoms with E-state index in [9.17, 15) is 4.79 Å². The molecular formula is C22H39IN4O5. The average Bonchev–Trinajstić information content (AvgIpc) is 2.67. The number of nitrogens with zero attached hydrogens (tertiary/aromatic N) is 1. The summed E-state index contributed by atoms with van der Waals surface area (Å²) in [6.07, 6.45) is -0.462. The van der Waals surface area contributed by atoms with Crippen molar-refractivity contribution in [2.24, 2.45) is 4.99 Å². The van der Waals surface area contributed by atoms with E-state index in [1.165, 1.54) is 0 Å². The van der Waals surface area contributed by atoms with E-state index in [4.69, 9.17) is 18.9 Å². The highest BCUT2D eigenvalue weighted by Crippen LogP contribution is 2.34. The maximum Gasteiger partial charge on any atom is 0.408 e. The molecule has 0 saturated carbocycles. The largest absolute Gasteiger partial charge is 0.496 e. The Bertz CT molecular complexity index is 763. The van der Waals surface area contributed by atoms with Gasteiger partial charge in [-0.3, -0.25) is 0 Å². The lowest BCUT2D eigenvalue weighted by Crippen LogP contribution is -2.54. The maximum atomic E-state index is 12.1. The monoisotopic (exact) mass is 566 g/mol. The van der Waals surface area contributed by atoms with Crippen LogP contribution in [0.25, 0.3) is 0 Å². The molecule has 0 atom stereocenters. The van der Waals surface area contributed by atoms with Crippen LogP contribution in [0.1, 0.15) is 47.1 Å². The molecule has 0 heterocycles. The number of ether oxygens (including phenoxy) is 4. The average molecular weight is 566 g/mol. The third-order valence-electron chi connectivity index (χ3n) is 4.08. The fourth-order valence-corrected chi connectivity index (χ4v) is 2.65. The first-order valence-corrected chi connectivity index (χ1v) is 10.3. The molecular weight excluding hydrogens is 527 g/mol. The second-order valence-electron chi connectivity index (χ2n) is 8.58. The lowest BCUT2D eigenvalue weighted by atomic mass is 10.1. The number of guanidine groups is 1. The topological polar surface area (TPSA) is 102 Å². The van der Waals surface area contributed by atoms with Crippen molar-refractivity contribution in [1.82, 2.24) is 16.0 Å². The third-order valence-corrected chi connectivity index (χ3v) is 4.08. The minimum absolute atomic E-state index is 0. The minimum atomic E-state index is -0.556. The number of alkyl carbamates (subject to hydrolysis) is 1. The van der Waals surface area contributed by atoms with Gasteiger partial charge in [0.1, 0.15) is 11.4 Å². The van der Waals surface area contributed by atoms with Crippen molar-refractivity contribution in [2.75, 3.05) is 34.4 Å². The van der Waals surface area contributed by atoms with Crippen molar-refractivity contribution in [3.8, 4) is 17.2 Å². The molecule has 0 aliphatic rings. The molecule has 3 N–H and O–H groups in total. The summed E-state index contributed by atoms with van der Waals surface area (Å²) < 4.78 is 21.5. The second kappa shape index (κ2) is 13.4. The highest BCUT2D eigenvalue weighted by molar-refractivity contribution is 14.0. The number of hydrogen-bond acceptors (Lipinski definition) is 6. The first-order chi connectivity index (χ1) is 14.4. The number of rotatable bonds is 9. The maximum absolute atomic E-state index is 12.1. The fraction of sp³-hybridized carbons (Fsp3) is 0.636. The Balaban J connectivity index is 0.00000961. The summed E-state index contributed by atoms with van der Waals surface area (Å²) in [5.74, 6) is 2.46. The Labute approximate surface area is 209 Å². The molecule has 0 unspecified atom stereocenters. The van der Waals surface area contributed by atoms with Crippen LogP contribution in [-0.4, -0.2) is 57.6 Å². The van der Waals surface area contributed by atoms with E-state index in [1.807, 2.05) is 47.6 Å². The van der Waals surface area contributed by atoms with Gasteiger partial charge in [0.2, 0.25) is 0 Å². The molecule has 0 aliphatic heterocycles. The smallest absolute Gasteiger partial charge is 0.408 e. The van der Waals surface area contributed by atoms with Gasteiger partial charge < -0.3 is 34.9 Å². The number of benzene rings is 1. The first-order valence-electron chi connectivity index (χ1n) is 10.3. The van der Waals surface area contributed by atoms with Gasteiger partial charge in [-0.2, -0.15) is 0 Å². The van der Waals surface area contributed by atoms with Crippen LogP contribution in [0.5, 0.6) is 17.2 Å². The molecule has 0 aromatic heterocycles. The molecule has 10 heteroatoms. The molecule has 0 spiro atoms. The molecule has 0 fully saturated rings. The number of carbonyl (C=O) groups is 1. The predicted molar refractivity (Wildman–Crippen MR) is 138 cm³/mol. The fourth-order valence-electron chi connectivity index (χ4n) is 2.65. The van der Waals surface area contributed by atoms with E-state index in [2.05, 4.69) is 20.9 Å². The molecule has 1 aromatic carbocycles. The van der Waals surface area contributed by atoms with Crippen molar-refractivity contribution in [3.05, 3.63) is 17.7 Å². The summed E-state index contributed by atoms with van der Waals surface area (Å²) >= 11 is 0. The number of nitrogens with one attached hydrogen (secondary N) is 3. The number of methoxy groups -OCH3 is 3. The molecule has 32 heavy (non-hydrogen) atoms. The predicted octanol–water partition coefficient (Wildman–Crippen LogP) is 3.69. The van der Waals surface area contributed by atoms with E-state index in [0.717, 1.165) is 5.56 Å². The van der Waals surface area contributed by atoms with Crippen molar-refractivity contribution in [3.63, 3.8) is 0 Å². The van der Waals surface area contributed by atoms with E-state index in [1.54, 1.807) is 27.4 Å². The quantitative estimate of drug-likeness (QED) is 0.238. The Morgan fingerprint density at radius 1 is 0.938 bits per heavy atom. The summed E-state index contributed by atoms with van der Waals surface area (Å²) in [5.41, 5.74) is -0.259. The van der Waals surface area contributed by atoms with E-state index < -0.39 is 17.2 Å². The summed E-state index contributed by atoms with van der Waals surface area (Å²) in [6, 6.07) is 3.62. The van der Waals surface area contributed by atoms with Gasteiger partial charge in [0, 0.05) is 24.7 Å². The van der Waals surface area contributed by atoms with Gasteiger partial charge in [-0.1, -0.05) is 0 Å². The SMILES string of the molecule is CCNC(=NCc1cc(OC)c(OC)cc1OC)NCC(C)(C)NC(=O)OC(C)(C)C.I. The van der Waals surface area contributed by atoms with Crippen LogP contribution in [-0.2, 0) is 11.3 Å². The van der Waals surface area contributed by atoms with Gasteiger partial charge in [-0.25, -0.2) is 9.79 Å². The number of halogens is 1. The minimum Gasteiger partial charge on any atom is -0.496 e. The summed E-state index contributed by atoms with van der Waals surface area (Å²) in [4.78, 5) is 16.7. The third kappa shape index (κ3) is 10.5. The van der Waals surface area contributed by atoms with Gasteiger partial charge in [0.25, 0.3) is 0 Å². The summed E-state index contributed by atoms with van der Waals surface area (Å²) in [7, 11) is 4.76. The van der Waals surface area contributed by atoms with Gasteiger partial charge in [0.05, 0.1) is 33.4 Å². The molecule has 0 saturated heterocycles. The Morgan fingerprint density at radius 2 is 1.50 bits per heavy atom. The van der Waals surface area contributed by atoms with Crippen molar-refractivity contribution in [1.29, 1.82) is 0 Å². The summed E-state index contributed by atoms with van der Waals surface area (Å²) in [5, 5.41) is 9.34. The Kier molecular flexibility index (Phi) is 12.6. The molecule has 1 aromatic rings. The molecule has 184 valence electrons. The van der Waals surface area contributed by atoms with Crippen LogP contribution in [0.4, 0.5) is 4.79 Å². The highest BCUT2D eigenvalue weighted by atomic mass is 127. The van der Waals surface area contributed by atoms with E-state index in [-0.39, 0.29) is 24.0 Å². The molecule has 9 nitrogen and oxygen atoms in total. The van der Waals surface area contributed by atoms with Crippen LogP contribution in [0, 0.1) is 0 Å². The first kappa shape index (κ1) is 29.9. The van der Waals surface area contributed by atoms with Crippen LogP contribution < -0.4 is 30.2 Å². The van der Waals surface area contributed by atoms with Crippen LogP contribution >= 0.6 is 24.0 Å². The van der Waals surface area contributed by atoms with Crippen LogP contribution in [0.2, 0.25) is 0 Å². The number of amides is 1. The normalized spacial score (nSPS) is 11.7. The Hall–Kier alpha value is -2.11. The molecule has 0 radical (unpaired) electrons. The zero-order chi connectivity index (χ0) is 23.7. The Morgan fingerprint density at radius 3 is 2.00 bits per heavy atom. The summed E-state index contributed by atoms with van der Waals surface area (Å²) in [6.45, 7) is 12.8. The second-order valence-corrected chi connectivity index (χ2v) is 8.58. The zero-order valence-corrected chi connectivity index (χ0v) is 23.0. The molecule has 1 rings (SSSR count). The molecule has 1 amide bonds. The van der Waals surface area contributed by atoms with Crippen LogP contribution in [0.15, 0.2) is 17.1 Å². The molecule has 0 aliphatic carbocycles. The lowest BCUT2D eigenvalue weighted by Gasteiger charge is -2.29. The standard InChI is InChI=1S/C22H38N4O5.HI/c1-10-23-19(25-14-22(5,6)26-20(27)31-21(2,3)4)24-13-15-11-17(29-8)18(30-9)12-16(15)28-7;/h11-12H,10,13-14H2,1-9H3,(H,26,27)(H2,23,24,25);1H. The van der Waals surface area contributed by atoms with Crippen molar-refractivity contribution in [2.45, 2.75) is 59.2 Å². The number of aliphatic imine (C=N–C) groups is 1. The lowest BCUT2D eigenvalue weighted by molar-refractivity contribution is 0.0474. The van der Waals surface area contributed by atoms with Gasteiger partial charge in [-0.05, 0) is 47.6 Å². The molecule has 0 bridgehead atoms. The van der Waals surface area contributed by atoms with Gasteiger partial charge >= 0.3 is 6.09 Å². The van der Waals surface area contributed by atoms with Gasteiger partial charge in [0.15, 0.2) is 17.5 Å². The van der Waals surface area contributed by atoms with E-state index in [0.29, 0.717) is 42.8 Å². The van der Waals surface area contributed by atoms with Crippen LogP contribution in [0.3, 0.4) is 0 Å².